The monoisotopic (exact) mass is 363 g/mol. The first kappa shape index (κ1) is 17.8. The van der Waals surface area contributed by atoms with Crippen LogP contribution < -0.4 is 5.69 Å². The van der Waals surface area contributed by atoms with Gasteiger partial charge in [0, 0.05) is 37.5 Å². The van der Waals surface area contributed by atoms with Crippen LogP contribution in [0.1, 0.15) is 47.1 Å². The molecule has 3 rings (SSSR count). The van der Waals surface area contributed by atoms with Crippen molar-refractivity contribution in [2.75, 3.05) is 13.1 Å². The van der Waals surface area contributed by atoms with Crippen LogP contribution in [-0.4, -0.2) is 43.2 Å². The lowest BCUT2D eigenvalue weighted by Gasteiger charge is -2.32. The molecule has 1 aliphatic rings. The van der Waals surface area contributed by atoms with Gasteiger partial charge in [-0.15, -0.1) is 11.3 Å². The Morgan fingerprint density at radius 1 is 1.36 bits per heavy atom. The topological polar surface area (TPSA) is 73.0 Å². The third kappa shape index (κ3) is 3.53. The molecule has 0 N–H and O–H groups in total. The normalized spacial score (nSPS) is 17.9. The van der Waals surface area contributed by atoms with E-state index in [0.717, 1.165) is 40.8 Å². The van der Waals surface area contributed by atoms with Gasteiger partial charge in [-0.2, -0.15) is 5.10 Å². The zero-order chi connectivity index (χ0) is 18.1. The Morgan fingerprint density at radius 2 is 2.12 bits per heavy atom. The minimum absolute atomic E-state index is 0.0864. The molecule has 1 amide bonds. The van der Waals surface area contributed by atoms with E-state index < -0.39 is 0 Å². The first-order valence-electron chi connectivity index (χ1n) is 8.75. The molecule has 8 heteroatoms. The van der Waals surface area contributed by atoms with Crippen LogP contribution in [0.4, 0.5) is 0 Å². The Labute approximate surface area is 151 Å². The van der Waals surface area contributed by atoms with Gasteiger partial charge in [-0.3, -0.25) is 9.36 Å². The number of amides is 1. The standard InChI is InChI=1S/C17H25N5O2S/c1-5-22-16(19-20(4)17(22)24)13-7-6-8-21(10-13)15(23)9-14-11(2)18-12(3)25-14/h13H,5-10H2,1-4H3/t13-/m1/s1. The fraction of sp³-hybridized carbons (Fsp3) is 0.647. The minimum Gasteiger partial charge on any atom is -0.342 e. The molecule has 0 spiro atoms. The van der Waals surface area contributed by atoms with E-state index in [9.17, 15) is 9.59 Å². The van der Waals surface area contributed by atoms with Crippen molar-refractivity contribution >= 4 is 17.2 Å². The molecule has 0 saturated carbocycles. The van der Waals surface area contributed by atoms with E-state index in [-0.39, 0.29) is 17.5 Å². The summed E-state index contributed by atoms with van der Waals surface area (Å²) in [7, 11) is 1.68. The zero-order valence-electron chi connectivity index (χ0n) is 15.3. The van der Waals surface area contributed by atoms with Crippen molar-refractivity contribution in [2.45, 2.75) is 52.5 Å². The largest absolute Gasteiger partial charge is 0.345 e. The molecule has 2 aromatic rings. The van der Waals surface area contributed by atoms with Gasteiger partial charge in [0.25, 0.3) is 0 Å². The van der Waals surface area contributed by atoms with Gasteiger partial charge in [-0.1, -0.05) is 0 Å². The van der Waals surface area contributed by atoms with Gasteiger partial charge in [0.1, 0.15) is 5.82 Å². The van der Waals surface area contributed by atoms with E-state index in [2.05, 4.69) is 10.1 Å². The molecule has 1 aliphatic heterocycles. The third-order valence-corrected chi connectivity index (χ3v) is 5.88. The lowest BCUT2D eigenvalue weighted by Crippen LogP contribution is -2.40. The molecule has 3 heterocycles. The number of piperidine rings is 1. The van der Waals surface area contributed by atoms with Crippen molar-refractivity contribution < 1.29 is 4.79 Å². The van der Waals surface area contributed by atoms with Crippen LogP contribution in [0.15, 0.2) is 4.79 Å². The molecular formula is C17H25N5O2S. The van der Waals surface area contributed by atoms with Gasteiger partial charge in [0.2, 0.25) is 5.91 Å². The van der Waals surface area contributed by atoms with E-state index in [1.807, 2.05) is 25.7 Å². The molecule has 1 atom stereocenters. The summed E-state index contributed by atoms with van der Waals surface area (Å²) in [6.07, 6.45) is 2.30. The summed E-state index contributed by atoms with van der Waals surface area (Å²) in [6.45, 7) is 7.88. The SMILES string of the molecule is CCn1c([C@@H]2CCCN(C(=O)Cc3sc(C)nc3C)C2)nn(C)c1=O. The first-order chi connectivity index (χ1) is 11.9. The van der Waals surface area contributed by atoms with Gasteiger partial charge in [-0.25, -0.2) is 14.5 Å². The molecule has 2 aromatic heterocycles. The summed E-state index contributed by atoms with van der Waals surface area (Å²) in [6, 6.07) is 0. The van der Waals surface area contributed by atoms with Gasteiger partial charge < -0.3 is 4.90 Å². The van der Waals surface area contributed by atoms with E-state index in [4.69, 9.17) is 0 Å². The molecule has 0 radical (unpaired) electrons. The number of nitrogens with zero attached hydrogens (tertiary/aromatic N) is 5. The van der Waals surface area contributed by atoms with Crippen LogP contribution in [0.5, 0.6) is 0 Å². The highest BCUT2D eigenvalue weighted by atomic mass is 32.1. The number of thiazole rings is 1. The molecule has 1 fully saturated rings. The fourth-order valence-corrected chi connectivity index (χ4v) is 4.45. The van der Waals surface area contributed by atoms with E-state index in [1.54, 1.807) is 23.0 Å². The Bertz CT molecular complexity index is 835. The maximum absolute atomic E-state index is 12.7. The summed E-state index contributed by atoms with van der Waals surface area (Å²) >= 11 is 1.60. The van der Waals surface area contributed by atoms with Crippen LogP contribution in [-0.2, 0) is 24.8 Å². The number of carbonyl (C=O) groups excluding carboxylic acids is 1. The zero-order valence-corrected chi connectivity index (χ0v) is 16.1. The van der Waals surface area contributed by atoms with Crippen LogP contribution in [0.2, 0.25) is 0 Å². The average molecular weight is 363 g/mol. The molecule has 25 heavy (non-hydrogen) atoms. The van der Waals surface area contributed by atoms with E-state index >= 15 is 0 Å². The van der Waals surface area contributed by atoms with Crippen molar-refractivity contribution in [3.8, 4) is 0 Å². The number of aromatic nitrogens is 4. The molecule has 7 nitrogen and oxygen atoms in total. The number of rotatable bonds is 4. The van der Waals surface area contributed by atoms with Crippen molar-refractivity contribution in [1.82, 2.24) is 24.2 Å². The van der Waals surface area contributed by atoms with Crippen molar-refractivity contribution in [2.24, 2.45) is 7.05 Å². The van der Waals surface area contributed by atoms with Crippen LogP contribution >= 0.6 is 11.3 Å². The second-order valence-corrected chi connectivity index (χ2v) is 7.89. The molecule has 0 bridgehead atoms. The van der Waals surface area contributed by atoms with Crippen LogP contribution in [0.3, 0.4) is 0 Å². The minimum atomic E-state index is -0.0864. The molecule has 136 valence electrons. The smallest absolute Gasteiger partial charge is 0.342 e. The molecule has 1 saturated heterocycles. The number of hydrogen-bond donors (Lipinski definition) is 0. The van der Waals surface area contributed by atoms with E-state index in [1.165, 1.54) is 4.68 Å². The Morgan fingerprint density at radius 3 is 2.76 bits per heavy atom. The van der Waals surface area contributed by atoms with Gasteiger partial charge >= 0.3 is 5.69 Å². The Kier molecular flexibility index (Phi) is 5.08. The molecular weight excluding hydrogens is 338 g/mol. The highest BCUT2D eigenvalue weighted by Gasteiger charge is 2.29. The number of carbonyl (C=O) groups is 1. The fourth-order valence-electron chi connectivity index (χ4n) is 3.52. The van der Waals surface area contributed by atoms with Crippen LogP contribution in [0, 0.1) is 13.8 Å². The second kappa shape index (κ2) is 7.11. The van der Waals surface area contributed by atoms with Gasteiger partial charge in [0.15, 0.2) is 0 Å². The Balaban J connectivity index is 1.75. The van der Waals surface area contributed by atoms with Crippen molar-refractivity contribution in [1.29, 1.82) is 0 Å². The number of aryl methyl sites for hydroxylation is 3. The number of hydrogen-bond acceptors (Lipinski definition) is 5. The van der Waals surface area contributed by atoms with E-state index in [0.29, 0.717) is 19.5 Å². The first-order valence-corrected chi connectivity index (χ1v) is 9.56. The quantitative estimate of drug-likeness (QED) is 0.827. The lowest BCUT2D eigenvalue weighted by atomic mass is 9.96. The summed E-state index contributed by atoms with van der Waals surface area (Å²) in [5.74, 6) is 1.06. The van der Waals surface area contributed by atoms with Crippen molar-refractivity contribution in [3.05, 3.63) is 31.9 Å². The second-order valence-electron chi connectivity index (χ2n) is 6.61. The molecule has 0 unspecified atom stereocenters. The Hall–Kier alpha value is -1.96. The van der Waals surface area contributed by atoms with Gasteiger partial charge in [-0.05, 0) is 33.6 Å². The summed E-state index contributed by atoms with van der Waals surface area (Å²) < 4.78 is 3.11. The maximum atomic E-state index is 12.7. The van der Waals surface area contributed by atoms with Crippen molar-refractivity contribution in [3.63, 3.8) is 0 Å². The molecule has 0 aliphatic carbocycles. The molecule has 0 aromatic carbocycles. The highest BCUT2D eigenvalue weighted by Crippen LogP contribution is 2.26. The highest BCUT2D eigenvalue weighted by molar-refractivity contribution is 7.11. The predicted octanol–water partition coefficient (Wildman–Crippen LogP) is 1.62. The summed E-state index contributed by atoms with van der Waals surface area (Å²) in [4.78, 5) is 32.3. The number of likely N-dealkylation sites (tertiary alicyclic amines) is 1. The summed E-state index contributed by atoms with van der Waals surface area (Å²) in [5.41, 5.74) is 0.866. The third-order valence-electron chi connectivity index (χ3n) is 4.80. The average Bonchev–Trinajstić information content (AvgIpc) is 3.06. The van der Waals surface area contributed by atoms with Gasteiger partial charge in [0.05, 0.1) is 17.1 Å². The summed E-state index contributed by atoms with van der Waals surface area (Å²) in [5, 5.41) is 5.42. The maximum Gasteiger partial charge on any atom is 0.345 e. The van der Waals surface area contributed by atoms with Crippen LogP contribution in [0.25, 0.3) is 0 Å². The predicted molar refractivity (Wildman–Crippen MR) is 97.0 cm³/mol. The lowest BCUT2D eigenvalue weighted by molar-refractivity contribution is -0.131.